The Morgan fingerprint density at radius 2 is 1.40 bits per heavy atom. The Morgan fingerprint density at radius 1 is 1.05 bits per heavy atom. The van der Waals surface area contributed by atoms with Gasteiger partial charge in [0.05, 0.1) is 0 Å². The Bertz CT molecular complexity index is 243. The second-order valence-corrected chi connectivity index (χ2v) is 6.96. The second-order valence-electron chi connectivity index (χ2n) is 4.23. The minimum Gasteiger partial charge on any atom is -0.374 e. The molecule has 20 heavy (non-hydrogen) atoms. The second kappa shape index (κ2) is 13.3. The minimum absolute atomic E-state index is 0.398. The van der Waals surface area contributed by atoms with Crippen LogP contribution in [0.4, 0.5) is 0 Å². The molecule has 0 aromatic carbocycles. The number of hydrogen-bond donors (Lipinski definition) is 1. The zero-order valence-electron chi connectivity index (χ0n) is 13.7. The van der Waals surface area contributed by atoms with Crippen LogP contribution in [0, 0.1) is 0 Å². The van der Waals surface area contributed by atoms with Crippen LogP contribution in [-0.2, 0) is 18.1 Å². The summed E-state index contributed by atoms with van der Waals surface area (Å²) in [4.78, 5) is 9.82. The third-order valence-electron chi connectivity index (χ3n) is 2.35. The van der Waals surface area contributed by atoms with Gasteiger partial charge in [-0.15, -0.1) is 0 Å². The van der Waals surface area contributed by atoms with Crippen molar-refractivity contribution in [2.75, 3.05) is 19.8 Å². The van der Waals surface area contributed by atoms with E-state index in [2.05, 4.69) is 13.5 Å². The molecule has 0 aromatic rings. The van der Waals surface area contributed by atoms with Gasteiger partial charge >= 0.3 is 8.80 Å². The predicted molar refractivity (Wildman–Crippen MR) is 84.4 cm³/mol. The van der Waals surface area contributed by atoms with Gasteiger partial charge in [-0.05, 0) is 34.1 Å². The summed E-state index contributed by atoms with van der Waals surface area (Å²) in [5, 5.41) is 0. The molecule has 0 atom stereocenters. The van der Waals surface area contributed by atoms with Gasteiger partial charge in [-0.25, -0.2) is 0 Å². The molecule has 5 nitrogen and oxygen atoms in total. The average molecular weight is 305 g/mol. The van der Waals surface area contributed by atoms with Crippen LogP contribution >= 0.6 is 0 Å². The van der Waals surface area contributed by atoms with Gasteiger partial charge in [-0.1, -0.05) is 19.9 Å². The Hall–Kier alpha value is -0.693. The summed E-state index contributed by atoms with van der Waals surface area (Å²) >= 11 is 0. The SMILES string of the molecule is C=C(C)C(N)=O.CCCC[Si](OCC)(OCC)OCC. The molecule has 0 aliphatic rings. The highest BCUT2D eigenvalue weighted by molar-refractivity contribution is 6.60. The first-order valence-corrected chi connectivity index (χ1v) is 9.19. The summed E-state index contributed by atoms with van der Waals surface area (Å²) in [6.07, 6.45) is 2.27. The monoisotopic (exact) mass is 305 g/mol. The highest BCUT2D eigenvalue weighted by atomic mass is 28.4. The van der Waals surface area contributed by atoms with Gasteiger partial charge in [-0.2, -0.15) is 0 Å². The van der Waals surface area contributed by atoms with Crippen LogP contribution < -0.4 is 5.73 Å². The van der Waals surface area contributed by atoms with E-state index in [1.807, 2.05) is 20.8 Å². The third kappa shape index (κ3) is 11.2. The first kappa shape index (κ1) is 21.6. The number of carbonyl (C=O) groups is 1. The molecule has 0 saturated carbocycles. The molecule has 0 rings (SSSR count). The fourth-order valence-electron chi connectivity index (χ4n) is 1.39. The molecular weight excluding hydrogens is 274 g/mol. The Balaban J connectivity index is 0. The molecule has 1 amide bonds. The van der Waals surface area contributed by atoms with Crippen LogP contribution in [0.25, 0.3) is 0 Å². The van der Waals surface area contributed by atoms with Crippen molar-refractivity contribution in [3.63, 3.8) is 0 Å². The van der Waals surface area contributed by atoms with Crippen LogP contribution in [0.2, 0.25) is 6.04 Å². The maximum absolute atomic E-state index is 9.82. The number of rotatable bonds is 10. The van der Waals surface area contributed by atoms with E-state index in [1.54, 1.807) is 6.92 Å². The predicted octanol–water partition coefficient (Wildman–Crippen LogP) is 2.88. The first-order valence-electron chi connectivity index (χ1n) is 7.26. The van der Waals surface area contributed by atoms with Crippen molar-refractivity contribution in [2.24, 2.45) is 5.73 Å². The van der Waals surface area contributed by atoms with Gasteiger partial charge < -0.3 is 19.0 Å². The van der Waals surface area contributed by atoms with E-state index in [9.17, 15) is 4.79 Å². The maximum Gasteiger partial charge on any atom is 0.500 e. The van der Waals surface area contributed by atoms with Crippen LogP contribution in [0.15, 0.2) is 12.2 Å². The largest absolute Gasteiger partial charge is 0.500 e. The maximum atomic E-state index is 9.82. The lowest BCUT2D eigenvalue weighted by Gasteiger charge is -2.28. The Kier molecular flexibility index (Phi) is 14.4. The van der Waals surface area contributed by atoms with Crippen molar-refractivity contribution in [2.45, 2.75) is 53.5 Å². The van der Waals surface area contributed by atoms with E-state index < -0.39 is 14.7 Å². The normalized spacial score (nSPS) is 10.7. The van der Waals surface area contributed by atoms with Gasteiger partial charge in [0.15, 0.2) is 0 Å². The summed E-state index contributed by atoms with van der Waals surface area (Å²) < 4.78 is 17.1. The fourth-order valence-corrected chi connectivity index (χ4v) is 4.18. The molecule has 0 radical (unpaired) electrons. The fraction of sp³-hybridized carbons (Fsp3) is 0.786. The lowest BCUT2D eigenvalue weighted by Crippen LogP contribution is -2.45. The van der Waals surface area contributed by atoms with Gasteiger partial charge in [0.1, 0.15) is 0 Å². The standard InChI is InChI=1S/C10H24O3Si.C4H7NO/c1-5-9-10-14(11-6-2,12-7-3)13-8-4;1-3(2)4(5)6/h5-10H2,1-4H3;1H2,2H3,(H2,5,6). The van der Waals surface area contributed by atoms with Crippen LogP contribution in [0.3, 0.4) is 0 Å². The molecule has 0 bridgehead atoms. The quantitative estimate of drug-likeness (QED) is 0.497. The molecule has 2 N–H and O–H groups in total. The number of carbonyl (C=O) groups excluding carboxylic acids is 1. The Morgan fingerprint density at radius 3 is 1.60 bits per heavy atom. The molecule has 0 unspecified atom stereocenters. The number of nitrogens with two attached hydrogens (primary N) is 1. The minimum atomic E-state index is -2.32. The number of hydrogen-bond acceptors (Lipinski definition) is 4. The highest BCUT2D eigenvalue weighted by Crippen LogP contribution is 2.18. The average Bonchev–Trinajstić information content (AvgIpc) is 2.38. The number of unbranched alkanes of at least 4 members (excludes halogenated alkanes) is 1. The summed E-state index contributed by atoms with van der Waals surface area (Å²) in [6.45, 7) is 15.0. The molecule has 6 heteroatoms. The zero-order chi connectivity index (χ0) is 16.0. The third-order valence-corrected chi connectivity index (χ3v) is 5.50. The molecule has 0 aliphatic heterocycles. The molecule has 0 aliphatic carbocycles. The molecule has 0 heterocycles. The molecule has 0 fully saturated rings. The number of amides is 1. The van der Waals surface area contributed by atoms with Gasteiger partial charge in [0.25, 0.3) is 0 Å². The first-order chi connectivity index (χ1) is 9.39. The molecule has 0 aromatic heterocycles. The topological polar surface area (TPSA) is 70.8 Å². The summed E-state index contributed by atoms with van der Waals surface area (Å²) in [6, 6.07) is 0.943. The molecule has 0 spiro atoms. The van der Waals surface area contributed by atoms with E-state index in [1.165, 1.54) is 0 Å². The smallest absolute Gasteiger partial charge is 0.374 e. The van der Waals surface area contributed by atoms with E-state index in [0.717, 1.165) is 18.9 Å². The van der Waals surface area contributed by atoms with Crippen molar-refractivity contribution in [1.29, 1.82) is 0 Å². The lowest BCUT2D eigenvalue weighted by atomic mass is 10.3. The summed E-state index contributed by atoms with van der Waals surface area (Å²) in [5.41, 5.74) is 5.09. The van der Waals surface area contributed by atoms with Crippen LogP contribution in [-0.4, -0.2) is 34.5 Å². The van der Waals surface area contributed by atoms with E-state index >= 15 is 0 Å². The van der Waals surface area contributed by atoms with Gasteiger partial charge in [0.2, 0.25) is 5.91 Å². The Labute approximate surface area is 124 Å². The zero-order valence-corrected chi connectivity index (χ0v) is 14.7. The van der Waals surface area contributed by atoms with E-state index in [-0.39, 0.29) is 0 Å². The van der Waals surface area contributed by atoms with E-state index in [4.69, 9.17) is 19.0 Å². The molecular formula is C14H31NO4Si. The highest BCUT2D eigenvalue weighted by Gasteiger charge is 2.39. The van der Waals surface area contributed by atoms with Crippen molar-refractivity contribution >= 4 is 14.7 Å². The summed E-state index contributed by atoms with van der Waals surface area (Å²) in [7, 11) is -2.32. The van der Waals surface area contributed by atoms with Gasteiger partial charge in [0, 0.05) is 31.4 Å². The van der Waals surface area contributed by atoms with Crippen molar-refractivity contribution < 1.29 is 18.1 Å². The van der Waals surface area contributed by atoms with Crippen LogP contribution in [0.1, 0.15) is 47.5 Å². The van der Waals surface area contributed by atoms with Crippen LogP contribution in [0.5, 0.6) is 0 Å². The van der Waals surface area contributed by atoms with Crippen molar-refractivity contribution in [1.82, 2.24) is 0 Å². The molecule has 120 valence electrons. The van der Waals surface area contributed by atoms with Crippen molar-refractivity contribution in [3.05, 3.63) is 12.2 Å². The number of primary amides is 1. The van der Waals surface area contributed by atoms with Gasteiger partial charge in [-0.3, -0.25) is 4.79 Å². The van der Waals surface area contributed by atoms with E-state index in [0.29, 0.717) is 25.4 Å². The lowest BCUT2D eigenvalue weighted by molar-refractivity contribution is -0.114. The summed E-state index contributed by atoms with van der Waals surface area (Å²) in [5.74, 6) is -0.435. The van der Waals surface area contributed by atoms with Crippen molar-refractivity contribution in [3.8, 4) is 0 Å². The molecule has 0 saturated heterocycles.